The van der Waals surface area contributed by atoms with Crippen LogP contribution in [0.4, 0.5) is 5.82 Å². The quantitative estimate of drug-likeness (QED) is 0.446. The summed E-state index contributed by atoms with van der Waals surface area (Å²) in [6.45, 7) is 0.230. The third-order valence-corrected chi connectivity index (χ3v) is 2.08. The van der Waals surface area contributed by atoms with Crippen molar-refractivity contribution in [2.75, 3.05) is 5.43 Å². The molecule has 17 heavy (non-hydrogen) atoms. The van der Waals surface area contributed by atoms with Crippen molar-refractivity contribution in [1.29, 1.82) is 0 Å². The van der Waals surface area contributed by atoms with Crippen molar-refractivity contribution < 1.29 is 0 Å². The van der Waals surface area contributed by atoms with Gasteiger partial charge in [-0.2, -0.15) is 0 Å². The molecule has 0 aromatic carbocycles. The van der Waals surface area contributed by atoms with Crippen LogP contribution in [0.25, 0.3) is 0 Å². The molecule has 8 heteroatoms. The smallest absolute Gasteiger partial charge is 0.307 e. The second-order valence-corrected chi connectivity index (χ2v) is 3.28. The van der Waals surface area contributed by atoms with E-state index in [1.54, 1.807) is 0 Å². The Balaban J connectivity index is 2.25. The normalized spacial score (nSPS) is 10.2. The van der Waals surface area contributed by atoms with Gasteiger partial charge in [0, 0.05) is 12.3 Å². The van der Waals surface area contributed by atoms with E-state index < -0.39 is 11.2 Å². The van der Waals surface area contributed by atoms with Crippen LogP contribution in [-0.4, -0.2) is 19.5 Å². The molecule has 0 amide bonds. The summed E-state index contributed by atoms with van der Waals surface area (Å²) >= 11 is 0. The van der Waals surface area contributed by atoms with Crippen LogP contribution in [0.2, 0.25) is 0 Å². The van der Waals surface area contributed by atoms with Gasteiger partial charge in [-0.15, -0.1) is 0 Å². The molecule has 88 valence electrons. The highest BCUT2D eigenvalue weighted by molar-refractivity contribution is 5.28. The Hall–Kier alpha value is -2.48. The Kier molecular flexibility index (Phi) is 2.97. The van der Waals surface area contributed by atoms with Gasteiger partial charge in [-0.1, -0.05) is 0 Å². The molecule has 2 aromatic heterocycles. The van der Waals surface area contributed by atoms with Crippen LogP contribution in [0.5, 0.6) is 0 Å². The molecule has 0 atom stereocenters. The molecular formula is C9H10N6O2. The minimum absolute atomic E-state index is 0.230. The fourth-order valence-electron chi connectivity index (χ4n) is 1.25. The van der Waals surface area contributed by atoms with Gasteiger partial charge >= 0.3 is 5.69 Å². The number of hydrazine groups is 1. The third kappa shape index (κ3) is 2.55. The number of aromatic nitrogens is 4. The van der Waals surface area contributed by atoms with E-state index in [-0.39, 0.29) is 6.54 Å². The number of nitrogens with zero attached hydrogens (tertiary/aromatic N) is 3. The monoisotopic (exact) mass is 234 g/mol. The fraction of sp³-hybridized carbons (Fsp3) is 0.111. The molecule has 2 rings (SSSR count). The van der Waals surface area contributed by atoms with Crippen LogP contribution in [0.1, 0.15) is 5.69 Å². The molecule has 0 fully saturated rings. The number of aromatic amines is 1. The van der Waals surface area contributed by atoms with Gasteiger partial charge in [-0.05, 0) is 0 Å². The molecule has 0 spiro atoms. The fourth-order valence-corrected chi connectivity index (χ4v) is 1.25. The zero-order chi connectivity index (χ0) is 12.3. The highest BCUT2D eigenvalue weighted by atomic mass is 16.2. The van der Waals surface area contributed by atoms with E-state index in [1.165, 1.54) is 29.2 Å². The van der Waals surface area contributed by atoms with Crippen LogP contribution in [0, 0.1) is 0 Å². The highest BCUT2D eigenvalue weighted by Gasteiger charge is 2.00. The predicted octanol–water partition coefficient (Wildman–Crippen LogP) is -1.34. The van der Waals surface area contributed by atoms with Gasteiger partial charge in [0.15, 0.2) is 5.82 Å². The second kappa shape index (κ2) is 4.58. The molecule has 0 radical (unpaired) electrons. The van der Waals surface area contributed by atoms with E-state index in [0.29, 0.717) is 11.5 Å². The largest absolute Gasteiger partial charge is 0.328 e. The minimum atomic E-state index is -0.486. The molecule has 0 saturated carbocycles. The first-order chi connectivity index (χ1) is 8.19. The predicted molar refractivity (Wildman–Crippen MR) is 60.3 cm³/mol. The number of H-pyrrole nitrogens is 1. The molecule has 0 aliphatic carbocycles. The second-order valence-electron chi connectivity index (χ2n) is 3.28. The maximum Gasteiger partial charge on any atom is 0.328 e. The molecule has 2 heterocycles. The van der Waals surface area contributed by atoms with Gasteiger partial charge in [0.1, 0.15) is 0 Å². The van der Waals surface area contributed by atoms with Crippen LogP contribution < -0.4 is 22.5 Å². The third-order valence-electron chi connectivity index (χ3n) is 2.08. The number of hydrogen-bond acceptors (Lipinski definition) is 6. The first kappa shape index (κ1) is 11.0. The van der Waals surface area contributed by atoms with Gasteiger partial charge in [0.25, 0.3) is 5.56 Å². The van der Waals surface area contributed by atoms with E-state index in [1.807, 2.05) is 0 Å². The van der Waals surface area contributed by atoms with Crippen molar-refractivity contribution in [3.63, 3.8) is 0 Å². The average molecular weight is 234 g/mol. The van der Waals surface area contributed by atoms with E-state index >= 15 is 0 Å². The number of rotatable bonds is 3. The minimum Gasteiger partial charge on any atom is -0.307 e. The van der Waals surface area contributed by atoms with Crippen LogP contribution in [-0.2, 0) is 6.54 Å². The van der Waals surface area contributed by atoms with Gasteiger partial charge < -0.3 is 5.43 Å². The van der Waals surface area contributed by atoms with Crippen molar-refractivity contribution >= 4 is 5.82 Å². The first-order valence-electron chi connectivity index (χ1n) is 4.76. The van der Waals surface area contributed by atoms with E-state index in [0.717, 1.165) is 0 Å². The summed E-state index contributed by atoms with van der Waals surface area (Å²) in [7, 11) is 0. The summed E-state index contributed by atoms with van der Waals surface area (Å²) in [4.78, 5) is 32.4. The number of nitrogen functional groups attached to an aromatic ring is 1. The Morgan fingerprint density at radius 1 is 1.35 bits per heavy atom. The zero-order valence-electron chi connectivity index (χ0n) is 8.75. The van der Waals surface area contributed by atoms with E-state index in [4.69, 9.17) is 5.84 Å². The Morgan fingerprint density at radius 2 is 2.18 bits per heavy atom. The van der Waals surface area contributed by atoms with Crippen molar-refractivity contribution in [3.05, 3.63) is 51.2 Å². The van der Waals surface area contributed by atoms with Crippen molar-refractivity contribution in [3.8, 4) is 0 Å². The lowest BCUT2D eigenvalue weighted by molar-refractivity contribution is 0.702. The number of nitrogens with one attached hydrogen (secondary N) is 2. The van der Waals surface area contributed by atoms with E-state index in [2.05, 4.69) is 20.4 Å². The number of anilines is 1. The lowest BCUT2D eigenvalue weighted by atomic mass is 10.4. The van der Waals surface area contributed by atoms with Gasteiger partial charge in [-0.25, -0.2) is 15.6 Å². The first-order valence-corrected chi connectivity index (χ1v) is 4.76. The van der Waals surface area contributed by atoms with Crippen molar-refractivity contribution in [2.24, 2.45) is 5.84 Å². The Morgan fingerprint density at radius 3 is 2.76 bits per heavy atom. The maximum atomic E-state index is 11.4. The Bertz CT molecular complexity index is 614. The summed E-state index contributed by atoms with van der Waals surface area (Å²) < 4.78 is 1.32. The molecule has 0 saturated heterocycles. The SMILES string of the molecule is NNc1cnc(Cn2ccc(=O)[nH]c2=O)cn1. The molecule has 8 nitrogen and oxygen atoms in total. The molecule has 2 aromatic rings. The maximum absolute atomic E-state index is 11.4. The van der Waals surface area contributed by atoms with Crippen LogP contribution >= 0.6 is 0 Å². The molecule has 4 N–H and O–H groups in total. The molecule has 0 aliphatic heterocycles. The van der Waals surface area contributed by atoms with Crippen LogP contribution in [0.3, 0.4) is 0 Å². The molecule has 0 unspecified atom stereocenters. The topological polar surface area (TPSA) is 119 Å². The standard InChI is InChI=1S/C9H10N6O2/c10-14-7-4-11-6(3-12-7)5-15-2-1-8(16)13-9(15)17/h1-4H,5,10H2,(H,12,14)(H,13,16,17). The lowest BCUT2D eigenvalue weighted by Crippen LogP contribution is -2.29. The summed E-state index contributed by atoms with van der Waals surface area (Å²) in [5, 5.41) is 0. The van der Waals surface area contributed by atoms with Gasteiger partial charge in [0.05, 0.1) is 24.6 Å². The highest BCUT2D eigenvalue weighted by Crippen LogP contribution is 1.99. The van der Waals surface area contributed by atoms with E-state index in [9.17, 15) is 9.59 Å². The van der Waals surface area contributed by atoms with Crippen molar-refractivity contribution in [1.82, 2.24) is 19.5 Å². The Labute approximate surface area is 95.1 Å². The van der Waals surface area contributed by atoms with Gasteiger partial charge in [0.2, 0.25) is 0 Å². The summed E-state index contributed by atoms with van der Waals surface area (Å²) in [6, 6.07) is 1.27. The van der Waals surface area contributed by atoms with Gasteiger partial charge in [-0.3, -0.25) is 19.3 Å². The lowest BCUT2D eigenvalue weighted by Gasteiger charge is -2.04. The molecular weight excluding hydrogens is 224 g/mol. The molecule has 0 aliphatic rings. The zero-order valence-corrected chi connectivity index (χ0v) is 8.75. The number of nitrogens with two attached hydrogens (primary N) is 1. The summed E-state index contributed by atoms with van der Waals surface area (Å²) in [6.07, 6.45) is 4.34. The molecule has 0 bridgehead atoms. The van der Waals surface area contributed by atoms with Crippen LogP contribution in [0.15, 0.2) is 34.2 Å². The number of hydrogen-bond donors (Lipinski definition) is 3. The summed E-state index contributed by atoms with van der Waals surface area (Å²) in [5.41, 5.74) is 2.01. The average Bonchev–Trinajstić information content (AvgIpc) is 2.34. The van der Waals surface area contributed by atoms with Crippen molar-refractivity contribution in [2.45, 2.75) is 6.54 Å². The summed E-state index contributed by atoms with van der Waals surface area (Å²) in [5.74, 6) is 5.58.